The second-order valence-corrected chi connectivity index (χ2v) is 12.4. The van der Waals surface area contributed by atoms with Crippen LogP contribution < -0.4 is 9.64 Å². The van der Waals surface area contributed by atoms with Crippen LogP contribution in [0.2, 0.25) is 0 Å². The van der Waals surface area contributed by atoms with Crippen molar-refractivity contribution in [3.8, 4) is 5.75 Å². The smallest absolute Gasteiger partial charge is 0.348 e. The number of anilines is 1. The van der Waals surface area contributed by atoms with Crippen molar-refractivity contribution in [3.05, 3.63) is 52.2 Å². The summed E-state index contributed by atoms with van der Waals surface area (Å²) >= 11 is 1.28. The molecule has 0 radical (unpaired) electrons. The zero-order valence-corrected chi connectivity index (χ0v) is 23.0. The number of carbonyl (C=O) groups excluding carboxylic acids is 1. The van der Waals surface area contributed by atoms with Gasteiger partial charge in [-0.25, -0.2) is 4.79 Å². The molecule has 1 aromatic carbocycles. The number of rotatable bonds is 7. The Morgan fingerprint density at radius 1 is 0.974 bits per heavy atom. The SMILES string of the molecule is C[C@H]1CC[C@H](C(=O)N(c2cc(C3=CCC(Oc4ccccc4)CC3)sc2C(=O)O)[C@H]2CC[C@H](O)CC2)CC1. The van der Waals surface area contributed by atoms with E-state index < -0.39 is 5.97 Å². The fourth-order valence-corrected chi connectivity index (χ4v) is 7.28. The Labute approximate surface area is 229 Å². The van der Waals surface area contributed by atoms with Crippen molar-refractivity contribution in [2.24, 2.45) is 11.8 Å². The summed E-state index contributed by atoms with van der Waals surface area (Å²) in [7, 11) is 0. The molecule has 204 valence electrons. The van der Waals surface area contributed by atoms with Gasteiger partial charge >= 0.3 is 5.97 Å². The van der Waals surface area contributed by atoms with Crippen molar-refractivity contribution >= 4 is 34.5 Å². The zero-order valence-electron chi connectivity index (χ0n) is 22.2. The van der Waals surface area contributed by atoms with E-state index >= 15 is 0 Å². The second kappa shape index (κ2) is 12.0. The molecule has 1 heterocycles. The number of hydrogen-bond acceptors (Lipinski definition) is 5. The van der Waals surface area contributed by atoms with Gasteiger partial charge in [0.15, 0.2) is 0 Å². The van der Waals surface area contributed by atoms with Crippen molar-refractivity contribution in [1.82, 2.24) is 0 Å². The molecular formula is C31H39NO5S. The van der Waals surface area contributed by atoms with Gasteiger partial charge in [0.25, 0.3) is 0 Å². The molecule has 2 aromatic rings. The number of hydrogen-bond donors (Lipinski definition) is 2. The molecule has 2 fully saturated rings. The lowest BCUT2D eigenvalue weighted by atomic mass is 9.81. The van der Waals surface area contributed by atoms with Crippen LogP contribution in [-0.4, -0.2) is 40.3 Å². The Bertz CT molecular complexity index is 1140. The number of carboxylic acid groups (broad SMARTS) is 1. The highest BCUT2D eigenvalue weighted by atomic mass is 32.1. The summed E-state index contributed by atoms with van der Waals surface area (Å²) in [5.41, 5.74) is 1.68. The summed E-state index contributed by atoms with van der Waals surface area (Å²) in [5.74, 6) is 0.521. The van der Waals surface area contributed by atoms with Gasteiger partial charge in [0.05, 0.1) is 11.8 Å². The minimum absolute atomic E-state index is 0.0622. The van der Waals surface area contributed by atoms with Crippen molar-refractivity contribution in [2.45, 2.75) is 95.8 Å². The number of carbonyl (C=O) groups is 2. The third kappa shape index (κ3) is 6.15. The molecule has 0 saturated heterocycles. The van der Waals surface area contributed by atoms with E-state index in [4.69, 9.17) is 4.74 Å². The highest BCUT2D eigenvalue weighted by Gasteiger charge is 2.37. The Balaban J connectivity index is 1.40. The van der Waals surface area contributed by atoms with E-state index in [1.54, 1.807) is 0 Å². The predicted octanol–water partition coefficient (Wildman–Crippen LogP) is 6.92. The van der Waals surface area contributed by atoms with Gasteiger partial charge in [-0.15, -0.1) is 11.3 Å². The molecule has 7 heteroatoms. The minimum atomic E-state index is -0.983. The van der Waals surface area contributed by atoms with E-state index in [1.165, 1.54) is 11.3 Å². The summed E-state index contributed by atoms with van der Waals surface area (Å²) in [6, 6.07) is 11.7. The number of ether oxygens (including phenoxy) is 1. The lowest BCUT2D eigenvalue weighted by Gasteiger charge is -2.38. The number of thiophene rings is 1. The Hall–Kier alpha value is -2.64. The Morgan fingerprint density at radius 3 is 2.32 bits per heavy atom. The average molecular weight is 538 g/mol. The van der Waals surface area contributed by atoms with Crippen LogP contribution in [0.15, 0.2) is 42.5 Å². The number of aliphatic hydroxyl groups is 1. The number of allylic oxidation sites excluding steroid dienone is 1. The molecule has 6 nitrogen and oxygen atoms in total. The maximum absolute atomic E-state index is 14.0. The number of benzene rings is 1. The van der Waals surface area contributed by atoms with Crippen LogP contribution in [-0.2, 0) is 4.79 Å². The van der Waals surface area contributed by atoms with Crippen LogP contribution in [0, 0.1) is 11.8 Å². The normalized spacial score (nSPS) is 27.8. The maximum atomic E-state index is 14.0. The lowest BCUT2D eigenvalue weighted by Crippen LogP contribution is -2.47. The molecule has 3 aliphatic rings. The first kappa shape index (κ1) is 26.9. The molecule has 0 spiro atoms. The van der Waals surface area contributed by atoms with E-state index in [2.05, 4.69) is 13.0 Å². The first-order valence-corrected chi connectivity index (χ1v) is 15.0. The largest absolute Gasteiger partial charge is 0.490 e. The third-order valence-electron chi connectivity index (χ3n) is 8.53. The Kier molecular flexibility index (Phi) is 8.54. The summed E-state index contributed by atoms with van der Waals surface area (Å²) in [4.78, 5) is 29.5. The van der Waals surface area contributed by atoms with Crippen molar-refractivity contribution < 1.29 is 24.5 Å². The fourth-order valence-electron chi connectivity index (χ4n) is 6.22. The van der Waals surface area contributed by atoms with Gasteiger partial charge in [0.2, 0.25) is 5.91 Å². The molecule has 0 bridgehead atoms. The van der Waals surface area contributed by atoms with Crippen LogP contribution in [0.3, 0.4) is 0 Å². The number of carboxylic acids is 1. The molecule has 38 heavy (non-hydrogen) atoms. The van der Waals surface area contributed by atoms with Gasteiger partial charge in [-0.05, 0) is 93.9 Å². The first-order chi connectivity index (χ1) is 18.4. The molecule has 0 aliphatic heterocycles. The highest BCUT2D eigenvalue weighted by molar-refractivity contribution is 7.15. The third-order valence-corrected chi connectivity index (χ3v) is 9.71. The van der Waals surface area contributed by atoms with Gasteiger partial charge in [0.1, 0.15) is 16.7 Å². The van der Waals surface area contributed by atoms with Crippen molar-refractivity contribution in [1.29, 1.82) is 0 Å². The van der Waals surface area contributed by atoms with E-state index in [1.807, 2.05) is 41.3 Å². The summed E-state index contributed by atoms with van der Waals surface area (Å²) < 4.78 is 6.13. The number of amides is 1. The van der Waals surface area contributed by atoms with Crippen LogP contribution in [0.4, 0.5) is 5.69 Å². The molecule has 1 atom stereocenters. The van der Waals surface area contributed by atoms with E-state index in [0.29, 0.717) is 37.3 Å². The van der Waals surface area contributed by atoms with E-state index in [0.717, 1.165) is 61.1 Å². The topological polar surface area (TPSA) is 87.1 Å². The molecule has 3 aliphatic carbocycles. The quantitative estimate of drug-likeness (QED) is 0.400. The summed E-state index contributed by atoms with van der Waals surface area (Å²) in [6.45, 7) is 2.24. The van der Waals surface area contributed by atoms with Gasteiger partial charge in [-0.1, -0.05) is 31.2 Å². The van der Waals surface area contributed by atoms with Gasteiger partial charge < -0.3 is 19.8 Å². The predicted molar refractivity (Wildman–Crippen MR) is 151 cm³/mol. The van der Waals surface area contributed by atoms with Gasteiger partial charge in [-0.3, -0.25) is 4.79 Å². The minimum Gasteiger partial charge on any atom is -0.490 e. The molecular weight excluding hydrogens is 498 g/mol. The van der Waals surface area contributed by atoms with E-state index in [-0.39, 0.29) is 35.0 Å². The van der Waals surface area contributed by atoms with Gasteiger partial charge in [0, 0.05) is 23.3 Å². The first-order valence-electron chi connectivity index (χ1n) is 14.2. The lowest BCUT2D eigenvalue weighted by molar-refractivity contribution is -0.124. The fraction of sp³-hybridized carbons (Fsp3) is 0.548. The molecule has 1 amide bonds. The highest BCUT2D eigenvalue weighted by Crippen LogP contribution is 2.42. The molecule has 5 rings (SSSR count). The van der Waals surface area contributed by atoms with Crippen LogP contribution in [0.1, 0.15) is 92.1 Å². The molecule has 1 aromatic heterocycles. The molecule has 2 N–H and O–H groups in total. The average Bonchev–Trinajstić information content (AvgIpc) is 3.37. The van der Waals surface area contributed by atoms with Crippen molar-refractivity contribution in [2.75, 3.05) is 4.90 Å². The van der Waals surface area contributed by atoms with Crippen LogP contribution in [0.25, 0.3) is 5.57 Å². The zero-order chi connectivity index (χ0) is 26.6. The molecule has 1 unspecified atom stereocenters. The Morgan fingerprint density at radius 2 is 1.68 bits per heavy atom. The maximum Gasteiger partial charge on any atom is 0.348 e. The number of aromatic carboxylic acids is 1. The number of para-hydroxylation sites is 1. The molecule has 2 saturated carbocycles. The standard InChI is InChI=1S/C31H39NO5S/c1-20-7-9-22(10-8-20)30(34)32(23-13-15-24(33)16-14-23)27-19-28(38-29(27)31(35)36)21-11-17-26(18-12-21)37-25-5-3-2-4-6-25/h2-6,11,19-20,22-24,26,33H,7-10,12-18H2,1H3,(H,35,36)/t20-,22-,23-,24-,26?. The summed E-state index contributed by atoms with van der Waals surface area (Å²) in [5, 5.41) is 20.3. The second-order valence-electron chi connectivity index (χ2n) is 11.3. The van der Waals surface area contributed by atoms with Crippen LogP contribution >= 0.6 is 11.3 Å². The van der Waals surface area contributed by atoms with Crippen molar-refractivity contribution in [3.63, 3.8) is 0 Å². The number of nitrogens with zero attached hydrogens (tertiary/aromatic N) is 1. The number of aliphatic hydroxyl groups excluding tert-OH is 1. The van der Waals surface area contributed by atoms with Gasteiger partial charge in [-0.2, -0.15) is 0 Å². The monoisotopic (exact) mass is 537 g/mol. The van der Waals surface area contributed by atoms with E-state index in [9.17, 15) is 19.8 Å². The summed E-state index contributed by atoms with van der Waals surface area (Å²) in [6.07, 6.45) is 10.8. The van der Waals surface area contributed by atoms with Crippen LogP contribution in [0.5, 0.6) is 5.75 Å².